The number of hydrogen-bond acceptors (Lipinski definition) is 4. The van der Waals surface area contributed by atoms with Gasteiger partial charge in [0.2, 0.25) is 0 Å². The van der Waals surface area contributed by atoms with Crippen molar-refractivity contribution in [2.24, 2.45) is 10.9 Å². The number of likely N-dealkylation sites (tertiary alicyclic amines) is 1. The summed E-state index contributed by atoms with van der Waals surface area (Å²) in [5, 5.41) is 3.46. The molecule has 3 rings (SSSR count). The Kier molecular flexibility index (Phi) is 11.1. The van der Waals surface area contributed by atoms with Crippen molar-refractivity contribution in [3.05, 3.63) is 29.8 Å². The molecule has 164 valence electrons. The van der Waals surface area contributed by atoms with E-state index in [-0.39, 0.29) is 24.0 Å². The summed E-state index contributed by atoms with van der Waals surface area (Å²) in [6, 6.07) is 8.28. The lowest BCUT2D eigenvalue weighted by Gasteiger charge is -2.33. The van der Waals surface area contributed by atoms with Crippen molar-refractivity contribution in [2.75, 3.05) is 59.1 Å². The van der Waals surface area contributed by atoms with E-state index < -0.39 is 0 Å². The third-order valence-electron chi connectivity index (χ3n) is 5.56. The van der Waals surface area contributed by atoms with Crippen LogP contribution in [0.3, 0.4) is 0 Å². The molecule has 0 unspecified atom stereocenters. The van der Waals surface area contributed by atoms with E-state index in [2.05, 4.69) is 47.2 Å². The van der Waals surface area contributed by atoms with Crippen LogP contribution in [0.1, 0.15) is 32.3 Å². The summed E-state index contributed by atoms with van der Waals surface area (Å²) in [5.41, 5.74) is 1.14. The molecule has 1 aromatic carbocycles. The number of piperidine rings is 1. The summed E-state index contributed by atoms with van der Waals surface area (Å²) in [4.78, 5) is 9.70. The molecule has 7 heteroatoms. The molecule has 0 spiro atoms. The highest BCUT2D eigenvalue weighted by molar-refractivity contribution is 14.0. The van der Waals surface area contributed by atoms with Crippen LogP contribution in [0.25, 0.3) is 0 Å². The molecule has 0 atom stereocenters. The maximum Gasteiger partial charge on any atom is 0.194 e. The van der Waals surface area contributed by atoms with Gasteiger partial charge < -0.3 is 19.7 Å². The van der Waals surface area contributed by atoms with Crippen molar-refractivity contribution in [1.29, 1.82) is 0 Å². The van der Waals surface area contributed by atoms with Gasteiger partial charge in [0.25, 0.3) is 0 Å². The largest absolute Gasteiger partial charge is 0.492 e. The lowest BCUT2D eigenvalue weighted by atomic mass is 10.00. The summed E-state index contributed by atoms with van der Waals surface area (Å²) in [7, 11) is 0. The number of aliphatic imine (C=N–C) groups is 1. The van der Waals surface area contributed by atoms with Gasteiger partial charge in [0.05, 0.1) is 19.8 Å². The minimum atomic E-state index is 0. The molecule has 1 N–H and O–H groups in total. The molecule has 0 saturated carbocycles. The van der Waals surface area contributed by atoms with Crippen LogP contribution in [0.5, 0.6) is 5.75 Å². The van der Waals surface area contributed by atoms with Crippen LogP contribution in [-0.2, 0) is 11.3 Å². The topological polar surface area (TPSA) is 49.3 Å². The second kappa shape index (κ2) is 13.3. The summed E-state index contributed by atoms with van der Waals surface area (Å²) >= 11 is 0. The Morgan fingerprint density at radius 2 is 1.90 bits per heavy atom. The first-order valence-corrected chi connectivity index (χ1v) is 10.8. The third-order valence-corrected chi connectivity index (χ3v) is 5.56. The number of hydrogen-bond donors (Lipinski definition) is 1. The van der Waals surface area contributed by atoms with Gasteiger partial charge in [-0.25, -0.2) is 4.99 Å². The highest BCUT2D eigenvalue weighted by atomic mass is 127. The Balaban J connectivity index is 0.00000300. The molecule has 0 bridgehead atoms. The molecule has 2 aliphatic rings. The van der Waals surface area contributed by atoms with Crippen LogP contribution in [0, 0.1) is 5.92 Å². The highest BCUT2D eigenvalue weighted by Crippen LogP contribution is 2.20. The van der Waals surface area contributed by atoms with Gasteiger partial charge in [0.15, 0.2) is 5.96 Å². The number of guanidine groups is 1. The van der Waals surface area contributed by atoms with E-state index in [0.29, 0.717) is 13.2 Å². The van der Waals surface area contributed by atoms with E-state index in [1.165, 1.54) is 12.8 Å². The first kappa shape index (κ1) is 24.2. The Hall–Kier alpha value is -1.06. The predicted octanol–water partition coefficient (Wildman–Crippen LogP) is 3.21. The Morgan fingerprint density at radius 1 is 1.17 bits per heavy atom. The summed E-state index contributed by atoms with van der Waals surface area (Å²) in [6.45, 7) is 13.5. The van der Waals surface area contributed by atoms with Crippen LogP contribution >= 0.6 is 24.0 Å². The van der Waals surface area contributed by atoms with Gasteiger partial charge in [-0.05, 0) is 31.7 Å². The van der Waals surface area contributed by atoms with Gasteiger partial charge in [-0.2, -0.15) is 0 Å². The van der Waals surface area contributed by atoms with Crippen LogP contribution in [0.4, 0.5) is 0 Å². The van der Waals surface area contributed by atoms with Gasteiger partial charge in [-0.3, -0.25) is 4.90 Å². The van der Waals surface area contributed by atoms with E-state index in [1.54, 1.807) is 0 Å². The molecule has 1 aromatic rings. The van der Waals surface area contributed by atoms with Gasteiger partial charge in [-0.1, -0.05) is 25.1 Å². The maximum absolute atomic E-state index is 6.11. The predicted molar refractivity (Wildman–Crippen MR) is 129 cm³/mol. The number of para-hydroxylation sites is 1. The van der Waals surface area contributed by atoms with Crippen LogP contribution in [-0.4, -0.2) is 74.8 Å². The fourth-order valence-corrected chi connectivity index (χ4v) is 3.69. The van der Waals surface area contributed by atoms with E-state index in [4.69, 9.17) is 14.5 Å². The number of nitrogens with one attached hydrogen (secondary N) is 1. The van der Waals surface area contributed by atoms with E-state index in [1.807, 2.05) is 6.07 Å². The molecule has 2 aliphatic heterocycles. The van der Waals surface area contributed by atoms with Crippen molar-refractivity contribution in [3.63, 3.8) is 0 Å². The zero-order chi connectivity index (χ0) is 19.6. The molecule has 0 radical (unpaired) electrons. The van der Waals surface area contributed by atoms with Crippen molar-refractivity contribution < 1.29 is 9.47 Å². The van der Waals surface area contributed by atoms with Gasteiger partial charge >= 0.3 is 0 Å². The smallest absolute Gasteiger partial charge is 0.194 e. The summed E-state index contributed by atoms with van der Waals surface area (Å²) in [5.74, 6) is 2.79. The van der Waals surface area contributed by atoms with E-state index in [0.717, 1.165) is 75.7 Å². The van der Waals surface area contributed by atoms with Gasteiger partial charge in [0, 0.05) is 44.8 Å². The number of benzene rings is 1. The minimum Gasteiger partial charge on any atom is -0.492 e. The number of halogens is 1. The van der Waals surface area contributed by atoms with E-state index >= 15 is 0 Å². The molecule has 2 fully saturated rings. The Morgan fingerprint density at radius 3 is 2.62 bits per heavy atom. The average molecular weight is 516 g/mol. The first-order valence-electron chi connectivity index (χ1n) is 10.8. The lowest BCUT2D eigenvalue weighted by Crippen LogP contribution is -2.45. The number of morpholine rings is 1. The van der Waals surface area contributed by atoms with Crippen molar-refractivity contribution >= 4 is 29.9 Å². The zero-order valence-electron chi connectivity index (χ0n) is 17.9. The van der Waals surface area contributed by atoms with Crippen LogP contribution in [0.2, 0.25) is 0 Å². The minimum absolute atomic E-state index is 0. The van der Waals surface area contributed by atoms with Crippen LogP contribution < -0.4 is 10.1 Å². The maximum atomic E-state index is 6.11. The molecule has 29 heavy (non-hydrogen) atoms. The molecular formula is C22H37IN4O2. The monoisotopic (exact) mass is 516 g/mol. The molecule has 0 aromatic heterocycles. The van der Waals surface area contributed by atoms with Crippen molar-refractivity contribution in [3.8, 4) is 5.75 Å². The molecule has 6 nitrogen and oxygen atoms in total. The highest BCUT2D eigenvalue weighted by Gasteiger charge is 2.18. The fourth-order valence-electron chi connectivity index (χ4n) is 3.69. The molecule has 2 heterocycles. The zero-order valence-corrected chi connectivity index (χ0v) is 20.3. The number of ether oxygens (including phenoxy) is 2. The summed E-state index contributed by atoms with van der Waals surface area (Å²) in [6.07, 6.45) is 2.48. The Bertz CT molecular complexity index is 615. The molecule has 0 amide bonds. The lowest BCUT2D eigenvalue weighted by molar-refractivity contribution is 0.0322. The quantitative estimate of drug-likeness (QED) is 0.343. The second-order valence-corrected chi connectivity index (χ2v) is 7.75. The molecule has 0 aliphatic carbocycles. The fraction of sp³-hybridized carbons (Fsp3) is 0.682. The summed E-state index contributed by atoms with van der Waals surface area (Å²) < 4.78 is 11.5. The SMILES string of the molecule is CCNC(=NCc1ccccc1OCCN1CCOCC1)N1CCC(C)CC1.I. The van der Waals surface area contributed by atoms with Crippen molar-refractivity contribution in [1.82, 2.24) is 15.1 Å². The molecule has 2 saturated heterocycles. The standard InChI is InChI=1S/C22H36N4O2.HI/c1-3-23-22(26-10-8-19(2)9-11-26)24-18-20-6-4-5-7-21(20)28-17-14-25-12-15-27-16-13-25;/h4-7,19H,3,8-18H2,1-2H3,(H,23,24);1H. The third kappa shape index (κ3) is 7.94. The average Bonchev–Trinajstić information content (AvgIpc) is 2.73. The number of rotatable bonds is 7. The number of nitrogens with zero attached hydrogens (tertiary/aromatic N) is 3. The normalized spacial score (nSPS) is 19.0. The Labute approximate surface area is 193 Å². The van der Waals surface area contributed by atoms with E-state index in [9.17, 15) is 0 Å². The molecular weight excluding hydrogens is 479 g/mol. The first-order chi connectivity index (χ1) is 13.8. The second-order valence-electron chi connectivity index (χ2n) is 7.75. The van der Waals surface area contributed by atoms with Gasteiger partial charge in [0.1, 0.15) is 12.4 Å². The van der Waals surface area contributed by atoms with Gasteiger partial charge in [-0.15, -0.1) is 24.0 Å². The van der Waals surface area contributed by atoms with Crippen LogP contribution in [0.15, 0.2) is 29.3 Å². The van der Waals surface area contributed by atoms with Crippen molar-refractivity contribution in [2.45, 2.75) is 33.2 Å².